The molecule has 0 aliphatic carbocycles. The molecular formula is C25H27FN2O4. The highest BCUT2D eigenvalue weighted by Crippen LogP contribution is 2.40. The van der Waals surface area contributed by atoms with Gasteiger partial charge in [-0.15, -0.1) is 0 Å². The van der Waals surface area contributed by atoms with Crippen molar-refractivity contribution in [3.05, 3.63) is 71.5 Å². The van der Waals surface area contributed by atoms with Gasteiger partial charge >= 0.3 is 6.09 Å². The molecule has 2 amide bonds. The molecule has 3 aliphatic heterocycles. The summed E-state index contributed by atoms with van der Waals surface area (Å²) in [6.07, 6.45) is 1.29. The molecule has 1 spiro atoms. The van der Waals surface area contributed by atoms with E-state index in [1.54, 1.807) is 15.9 Å². The first-order valence-corrected chi connectivity index (χ1v) is 11.1. The van der Waals surface area contributed by atoms with Crippen LogP contribution < -0.4 is 0 Å². The number of ether oxygens (including phenoxy) is 2. The monoisotopic (exact) mass is 438 g/mol. The molecule has 2 aromatic rings. The Morgan fingerprint density at radius 3 is 2.53 bits per heavy atom. The predicted molar refractivity (Wildman–Crippen MR) is 115 cm³/mol. The molecule has 0 unspecified atom stereocenters. The molecule has 3 aliphatic rings. The second kappa shape index (κ2) is 8.20. The minimum Gasteiger partial charge on any atom is -0.439 e. The van der Waals surface area contributed by atoms with Gasteiger partial charge in [0.25, 0.3) is 0 Å². The van der Waals surface area contributed by atoms with E-state index in [-0.39, 0.29) is 17.8 Å². The van der Waals surface area contributed by atoms with E-state index < -0.39 is 11.0 Å². The number of carbonyl (C=O) groups is 2. The SMILES string of the molecule is O=C1O[C@@]2(CCN(C(=O)C3(c4cccc(F)c4)CCOCC3)C2)CN1Cc1ccccc1. The smallest absolute Gasteiger partial charge is 0.410 e. The molecule has 2 aromatic carbocycles. The summed E-state index contributed by atoms with van der Waals surface area (Å²) in [5, 5.41) is 0. The number of amides is 2. The average molecular weight is 438 g/mol. The first-order chi connectivity index (χ1) is 15.5. The quantitative estimate of drug-likeness (QED) is 0.733. The standard InChI is InChI=1S/C25H27FN2O4/c26-21-8-4-7-20(15-21)25(10-13-31-14-11-25)22(29)27-12-9-24(17-27)18-28(23(30)32-24)16-19-5-2-1-3-6-19/h1-8,15H,9-14,16-18H2/t24-/m1/s1. The van der Waals surface area contributed by atoms with Gasteiger partial charge in [-0.25, -0.2) is 9.18 Å². The van der Waals surface area contributed by atoms with Crippen LogP contribution in [0.2, 0.25) is 0 Å². The fraction of sp³-hybridized carbons (Fsp3) is 0.440. The van der Waals surface area contributed by atoms with Crippen molar-refractivity contribution in [3.63, 3.8) is 0 Å². The van der Waals surface area contributed by atoms with Crippen LogP contribution in [0.15, 0.2) is 54.6 Å². The molecule has 32 heavy (non-hydrogen) atoms. The summed E-state index contributed by atoms with van der Waals surface area (Å²) in [5.74, 6) is -0.374. The first-order valence-electron chi connectivity index (χ1n) is 11.1. The number of benzene rings is 2. The Morgan fingerprint density at radius 1 is 1.00 bits per heavy atom. The maximum Gasteiger partial charge on any atom is 0.410 e. The van der Waals surface area contributed by atoms with Crippen molar-refractivity contribution in [2.75, 3.05) is 32.8 Å². The van der Waals surface area contributed by atoms with Crippen molar-refractivity contribution in [2.45, 2.75) is 36.8 Å². The van der Waals surface area contributed by atoms with Gasteiger partial charge in [0.1, 0.15) is 5.82 Å². The lowest BCUT2D eigenvalue weighted by Crippen LogP contribution is -2.50. The summed E-state index contributed by atoms with van der Waals surface area (Å²) in [4.78, 5) is 29.9. The molecule has 1 atom stereocenters. The third-order valence-electron chi connectivity index (χ3n) is 6.99. The van der Waals surface area contributed by atoms with Gasteiger partial charge in [-0.2, -0.15) is 0 Å². The van der Waals surface area contributed by atoms with Gasteiger partial charge in [0.05, 0.1) is 18.5 Å². The molecule has 0 radical (unpaired) electrons. The number of likely N-dealkylation sites (tertiary alicyclic amines) is 1. The predicted octanol–water partition coefficient (Wildman–Crippen LogP) is 3.50. The van der Waals surface area contributed by atoms with Crippen molar-refractivity contribution in [2.24, 2.45) is 0 Å². The minimum absolute atomic E-state index is 0.0270. The van der Waals surface area contributed by atoms with Gasteiger partial charge in [-0.1, -0.05) is 42.5 Å². The summed E-state index contributed by atoms with van der Waals surface area (Å²) >= 11 is 0. The molecule has 0 bridgehead atoms. The zero-order chi connectivity index (χ0) is 22.2. The molecule has 168 valence electrons. The molecular weight excluding hydrogens is 411 g/mol. The third kappa shape index (κ3) is 3.75. The van der Waals surface area contributed by atoms with Crippen LogP contribution in [-0.4, -0.2) is 60.2 Å². The van der Waals surface area contributed by atoms with E-state index in [2.05, 4.69) is 0 Å². The summed E-state index contributed by atoms with van der Waals surface area (Å²) in [5.41, 5.74) is 0.245. The maximum atomic E-state index is 14.0. The Balaban J connectivity index is 1.34. The van der Waals surface area contributed by atoms with E-state index in [0.717, 1.165) is 5.56 Å². The van der Waals surface area contributed by atoms with E-state index in [0.29, 0.717) is 64.2 Å². The van der Waals surface area contributed by atoms with Gasteiger partial charge in [-0.3, -0.25) is 9.69 Å². The number of nitrogens with zero attached hydrogens (tertiary/aromatic N) is 2. The van der Waals surface area contributed by atoms with Crippen LogP contribution in [0.25, 0.3) is 0 Å². The van der Waals surface area contributed by atoms with Crippen molar-refractivity contribution < 1.29 is 23.5 Å². The van der Waals surface area contributed by atoms with Gasteiger partial charge in [-0.05, 0) is 36.1 Å². The average Bonchev–Trinajstić information content (AvgIpc) is 3.36. The Kier molecular flexibility index (Phi) is 5.37. The highest BCUT2D eigenvalue weighted by molar-refractivity contribution is 5.89. The van der Waals surface area contributed by atoms with Crippen molar-refractivity contribution in [1.82, 2.24) is 9.80 Å². The highest BCUT2D eigenvalue weighted by atomic mass is 19.1. The van der Waals surface area contributed by atoms with Gasteiger partial charge in [0.15, 0.2) is 5.60 Å². The van der Waals surface area contributed by atoms with E-state index in [9.17, 15) is 14.0 Å². The molecule has 7 heteroatoms. The largest absolute Gasteiger partial charge is 0.439 e. The number of hydrogen-bond donors (Lipinski definition) is 0. The van der Waals surface area contributed by atoms with Gasteiger partial charge < -0.3 is 14.4 Å². The number of halogens is 1. The number of hydrogen-bond acceptors (Lipinski definition) is 4. The minimum atomic E-state index is -0.807. The molecule has 0 N–H and O–H groups in total. The summed E-state index contributed by atoms with van der Waals surface area (Å²) in [7, 11) is 0. The van der Waals surface area contributed by atoms with Crippen molar-refractivity contribution in [1.29, 1.82) is 0 Å². The molecule has 0 saturated carbocycles. The zero-order valence-electron chi connectivity index (χ0n) is 18.0. The van der Waals surface area contributed by atoms with Crippen LogP contribution in [0.5, 0.6) is 0 Å². The van der Waals surface area contributed by atoms with E-state index in [1.165, 1.54) is 12.1 Å². The third-order valence-corrected chi connectivity index (χ3v) is 6.99. The Hall–Kier alpha value is -2.93. The van der Waals surface area contributed by atoms with Crippen LogP contribution in [-0.2, 0) is 26.2 Å². The lowest BCUT2D eigenvalue weighted by molar-refractivity contribution is -0.141. The van der Waals surface area contributed by atoms with Crippen LogP contribution in [0, 0.1) is 5.82 Å². The maximum absolute atomic E-state index is 14.0. The Bertz CT molecular complexity index is 1010. The topological polar surface area (TPSA) is 59.1 Å². The lowest BCUT2D eigenvalue weighted by Gasteiger charge is -2.39. The molecule has 6 nitrogen and oxygen atoms in total. The van der Waals surface area contributed by atoms with E-state index in [4.69, 9.17) is 9.47 Å². The van der Waals surface area contributed by atoms with Crippen LogP contribution in [0.3, 0.4) is 0 Å². The van der Waals surface area contributed by atoms with Crippen LogP contribution >= 0.6 is 0 Å². The highest BCUT2D eigenvalue weighted by Gasteiger charge is 2.53. The fourth-order valence-corrected chi connectivity index (χ4v) is 5.28. The van der Waals surface area contributed by atoms with Crippen molar-refractivity contribution in [3.8, 4) is 0 Å². The molecule has 5 rings (SSSR count). The number of rotatable bonds is 4. The van der Waals surface area contributed by atoms with Gasteiger partial charge in [0.2, 0.25) is 5.91 Å². The molecule has 3 saturated heterocycles. The second-order valence-electron chi connectivity index (χ2n) is 9.07. The van der Waals surface area contributed by atoms with Crippen LogP contribution in [0.4, 0.5) is 9.18 Å². The summed E-state index contributed by atoms with van der Waals surface area (Å²) in [6, 6.07) is 16.1. The second-order valence-corrected chi connectivity index (χ2v) is 9.07. The normalized spacial score (nSPS) is 24.7. The van der Waals surface area contributed by atoms with Crippen LogP contribution in [0.1, 0.15) is 30.4 Å². The number of carbonyl (C=O) groups excluding carboxylic acids is 2. The summed E-state index contributed by atoms with van der Waals surface area (Å²) < 4.78 is 25.4. The first kappa shape index (κ1) is 20.9. The lowest BCUT2D eigenvalue weighted by atomic mass is 9.73. The molecule has 3 fully saturated rings. The molecule has 0 aromatic heterocycles. The van der Waals surface area contributed by atoms with Crippen molar-refractivity contribution >= 4 is 12.0 Å². The summed E-state index contributed by atoms with van der Waals surface area (Å²) in [6.45, 7) is 2.74. The molecule has 3 heterocycles. The van der Waals surface area contributed by atoms with Gasteiger partial charge in [0, 0.05) is 32.7 Å². The zero-order valence-corrected chi connectivity index (χ0v) is 18.0. The fourth-order valence-electron chi connectivity index (χ4n) is 5.28. The van der Waals surface area contributed by atoms with E-state index >= 15 is 0 Å². The van der Waals surface area contributed by atoms with E-state index in [1.807, 2.05) is 36.4 Å². The Morgan fingerprint density at radius 2 is 1.78 bits per heavy atom. The Labute approximate surface area is 186 Å².